The average Bonchev–Trinajstić information content (AvgIpc) is 2.18. The number of carbonyl (C=O) groups is 1. The molecule has 0 radical (unpaired) electrons. The van der Waals surface area contributed by atoms with Crippen LogP contribution in [0.3, 0.4) is 0 Å². The van der Waals surface area contributed by atoms with E-state index in [2.05, 4.69) is 17.2 Å². The minimum Gasteiger partial charge on any atom is -0.478 e. The van der Waals surface area contributed by atoms with Gasteiger partial charge < -0.3 is 10.4 Å². The van der Waals surface area contributed by atoms with Crippen LogP contribution in [0.5, 0.6) is 0 Å². The lowest BCUT2D eigenvalue weighted by Crippen LogP contribution is -2.14. The number of pyridine rings is 1. The van der Waals surface area contributed by atoms with E-state index in [0.717, 1.165) is 12.1 Å². The van der Waals surface area contributed by atoms with Crippen LogP contribution in [0.25, 0.3) is 0 Å². The first-order valence-corrected chi connectivity index (χ1v) is 4.58. The van der Waals surface area contributed by atoms with Gasteiger partial charge in [-0.1, -0.05) is 6.92 Å². The number of carboxylic acids is 1. The minimum absolute atomic E-state index is 0.207. The van der Waals surface area contributed by atoms with Crippen LogP contribution in [-0.4, -0.2) is 22.1 Å². The molecule has 1 aromatic rings. The van der Waals surface area contributed by atoms with Gasteiger partial charge in [0.05, 0.1) is 11.3 Å². The first-order chi connectivity index (χ1) is 6.63. The van der Waals surface area contributed by atoms with Gasteiger partial charge in [0.2, 0.25) is 0 Å². The number of nitrogens with one attached hydrogen (secondary N) is 1. The van der Waals surface area contributed by atoms with Crippen molar-refractivity contribution in [3.8, 4) is 0 Å². The monoisotopic (exact) mass is 194 g/mol. The zero-order valence-electron chi connectivity index (χ0n) is 8.32. The van der Waals surface area contributed by atoms with E-state index in [1.807, 2.05) is 6.92 Å². The molecule has 1 unspecified atom stereocenters. The molecule has 14 heavy (non-hydrogen) atoms. The largest absolute Gasteiger partial charge is 0.478 e. The van der Waals surface area contributed by atoms with Crippen molar-refractivity contribution in [1.29, 1.82) is 0 Å². The van der Waals surface area contributed by atoms with Crippen LogP contribution in [0.4, 0.5) is 5.69 Å². The van der Waals surface area contributed by atoms with Gasteiger partial charge in [-0.2, -0.15) is 0 Å². The van der Waals surface area contributed by atoms with Gasteiger partial charge in [-0.3, -0.25) is 4.98 Å². The number of hydrogen-bond donors (Lipinski definition) is 2. The van der Waals surface area contributed by atoms with Crippen molar-refractivity contribution in [3.63, 3.8) is 0 Å². The van der Waals surface area contributed by atoms with Crippen molar-refractivity contribution in [1.82, 2.24) is 4.98 Å². The van der Waals surface area contributed by atoms with Crippen LogP contribution in [0.2, 0.25) is 0 Å². The van der Waals surface area contributed by atoms with Crippen LogP contribution in [0.1, 0.15) is 30.6 Å². The highest BCUT2D eigenvalue weighted by Gasteiger charge is 2.05. The fourth-order valence-electron chi connectivity index (χ4n) is 1.02. The quantitative estimate of drug-likeness (QED) is 0.769. The molecule has 0 fully saturated rings. The Morgan fingerprint density at radius 2 is 2.36 bits per heavy atom. The maximum atomic E-state index is 10.6. The number of anilines is 1. The maximum absolute atomic E-state index is 10.6. The van der Waals surface area contributed by atoms with Crippen molar-refractivity contribution < 1.29 is 9.90 Å². The van der Waals surface area contributed by atoms with Crippen molar-refractivity contribution in [2.24, 2.45) is 0 Å². The predicted octanol–water partition coefficient (Wildman–Crippen LogP) is 1.99. The molecular weight excluding hydrogens is 180 g/mol. The summed E-state index contributed by atoms with van der Waals surface area (Å²) in [4.78, 5) is 14.5. The molecule has 0 aliphatic carbocycles. The van der Waals surface area contributed by atoms with Crippen LogP contribution >= 0.6 is 0 Å². The Balaban J connectivity index is 2.78. The van der Waals surface area contributed by atoms with Crippen molar-refractivity contribution >= 4 is 11.7 Å². The van der Waals surface area contributed by atoms with E-state index < -0.39 is 5.97 Å². The Bertz CT molecular complexity index is 326. The summed E-state index contributed by atoms with van der Waals surface area (Å²) in [5.41, 5.74) is 0.956. The number of nitrogens with zero attached hydrogens (tertiary/aromatic N) is 1. The van der Waals surface area contributed by atoms with Gasteiger partial charge in [-0.05, 0) is 19.4 Å². The summed E-state index contributed by atoms with van der Waals surface area (Å²) >= 11 is 0. The van der Waals surface area contributed by atoms with Gasteiger partial charge in [-0.25, -0.2) is 4.79 Å². The second-order valence-corrected chi connectivity index (χ2v) is 3.22. The third-order valence-corrected chi connectivity index (χ3v) is 2.01. The molecule has 0 aliphatic heterocycles. The molecule has 2 N–H and O–H groups in total. The summed E-state index contributed by atoms with van der Waals surface area (Å²) in [5, 5.41) is 11.9. The smallest absolute Gasteiger partial charge is 0.337 e. The van der Waals surface area contributed by atoms with E-state index in [-0.39, 0.29) is 5.56 Å². The summed E-state index contributed by atoms with van der Waals surface area (Å²) < 4.78 is 0. The molecule has 1 aromatic heterocycles. The first-order valence-electron chi connectivity index (χ1n) is 4.58. The Morgan fingerprint density at radius 1 is 1.64 bits per heavy atom. The van der Waals surface area contributed by atoms with E-state index in [1.165, 1.54) is 6.20 Å². The number of aromatic nitrogens is 1. The standard InChI is InChI=1S/C10H14N2O2/c1-3-7(2)12-9-4-8(10(13)14)5-11-6-9/h4-7,12H,3H2,1-2H3,(H,13,14). The summed E-state index contributed by atoms with van der Waals surface area (Å²) in [6.45, 7) is 4.10. The molecule has 1 rings (SSSR count). The fourth-order valence-corrected chi connectivity index (χ4v) is 1.02. The lowest BCUT2D eigenvalue weighted by molar-refractivity contribution is 0.0696. The van der Waals surface area contributed by atoms with E-state index in [4.69, 9.17) is 5.11 Å². The van der Waals surface area contributed by atoms with Gasteiger partial charge in [0.25, 0.3) is 0 Å². The highest BCUT2D eigenvalue weighted by Crippen LogP contribution is 2.10. The Kier molecular flexibility index (Phi) is 3.45. The van der Waals surface area contributed by atoms with Crippen molar-refractivity contribution in [3.05, 3.63) is 24.0 Å². The molecule has 4 nitrogen and oxygen atoms in total. The molecule has 1 heterocycles. The molecule has 0 amide bonds. The third-order valence-electron chi connectivity index (χ3n) is 2.01. The summed E-state index contributed by atoms with van der Waals surface area (Å²) in [6.07, 6.45) is 3.94. The third kappa shape index (κ3) is 2.73. The lowest BCUT2D eigenvalue weighted by atomic mass is 10.2. The zero-order valence-corrected chi connectivity index (χ0v) is 8.32. The first kappa shape index (κ1) is 10.5. The molecule has 0 aliphatic rings. The van der Waals surface area contributed by atoms with Gasteiger partial charge in [0.15, 0.2) is 0 Å². The average molecular weight is 194 g/mol. The van der Waals surface area contributed by atoms with E-state index in [9.17, 15) is 4.79 Å². The lowest BCUT2D eigenvalue weighted by Gasteiger charge is -2.12. The molecule has 76 valence electrons. The summed E-state index contributed by atoms with van der Waals surface area (Å²) in [7, 11) is 0. The van der Waals surface area contributed by atoms with Crippen LogP contribution < -0.4 is 5.32 Å². The molecular formula is C10H14N2O2. The molecule has 0 saturated carbocycles. The van der Waals surface area contributed by atoms with E-state index in [0.29, 0.717) is 6.04 Å². The molecule has 4 heteroatoms. The van der Waals surface area contributed by atoms with Gasteiger partial charge in [-0.15, -0.1) is 0 Å². The van der Waals surface area contributed by atoms with Crippen LogP contribution in [-0.2, 0) is 0 Å². The van der Waals surface area contributed by atoms with Gasteiger partial charge >= 0.3 is 5.97 Å². The maximum Gasteiger partial charge on any atom is 0.337 e. The number of hydrogen-bond acceptors (Lipinski definition) is 3. The summed E-state index contributed by atoms with van der Waals surface area (Å²) in [5.74, 6) is -0.953. The highest BCUT2D eigenvalue weighted by atomic mass is 16.4. The number of carboxylic acid groups (broad SMARTS) is 1. The van der Waals surface area contributed by atoms with Gasteiger partial charge in [0.1, 0.15) is 0 Å². The fraction of sp³-hybridized carbons (Fsp3) is 0.400. The molecule has 0 aromatic carbocycles. The minimum atomic E-state index is -0.953. The van der Waals surface area contributed by atoms with Crippen LogP contribution in [0.15, 0.2) is 18.5 Å². The zero-order chi connectivity index (χ0) is 10.6. The van der Waals surface area contributed by atoms with Crippen molar-refractivity contribution in [2.45, 2.75) is 26.3 Å². The van der Waals surface area contributed by atoms with Crippen molar-refractivity contribution in [2.75, 3.05) is 5.32 Å². The van der Waals surface area contributed by atoms with Crippen LogP contribution in [0, 0.1) is 0 Å². The van der Waals surface area contributed by atoms with Gasteiger partial charge in [0, 0.05) is 18.4 Å². The Hall–Kier alpha value is -1.58. The normalized spacial score (nSPS) is 12.1. The van der Waals surface area contributed by atoms with E-state index in [1.54, 1.807) is 12.3 Å². The topological polar surface area (TPSA) is 62.2 Å². The number of rotatable bonds is 4. The number of aromatic carboxylic acids is 1. The molecule has 0 saturated heterocycles. The second kappa shape index (κ2) is 4.60. The SMILES string of the molecule is CCC(C)Nc1cncc(C(=O)O)c1. The second-order valence-electron chi connectivity index (χ2n) is 3.22. The predicted molar refractivity (Wildman–Crippen MR) is 54.6 cm³/mol. The highest BCUT2D eigenvalue weighted by molar-refractivity contribution is 5.88. The Morgan fingerprint density at radius 3 is 2.93 bits per heavy atom. The molecule has 0 bridgehead atoms. The van der Waals surface area contributed by atoms with E-state index >= 15 is 0 Å². The molecule has 0 spiro atoms. The summed E-state index contributed by atoms with van der Waals surface area (Å²) in [6, 6.07) is 1.91. The Labute approximate surface area is 83.0 Å². The molecule has 1 atom stereocenters.